The molecule has 3 aromatic rings. The topological polar surface area (TPSA) is 51.0 Å². The summed E-state index contributed by atoms with van der Waals surface area (Å²) < 4.78 is 3.00. The summed E-state index contributed by atoms with van der Waals surface area (Å²) >= 11 is 6.67. The molecule has 0 aliphatic carbocycles. The van der Waals surface area contributed by atoms with E-state index in [2.05, 4.69) is 38.8 Å². The number of rotatable bonds is 6. The Hall–Kier alpha value is -2.03. The maximum Gasteiger partial charge on any atom is 0.237 e. The van der Waals surface area contributed by atoms with Gasteiger partial charge in [-0.25, -0.2) is 0 Å². The van der Waals surface area contributed by atoms with Crippen molar-refractivity contribution in [2.75, 3.05) is 23.0 Å². The molecule has 0 saturated heterocycles. The van der Waals surface area contributed by atoms with E-state index >= 15 is 0 Å². The predicted octanol–water partition coefficient (Wildman–Crippen LogP) is 5.12. The van der Waals surface area contributed by atoms with Gasteiger partial charge in [-0.3, -0.25) is 9.36 Å². The number of halogens is 1. The van der Waals surface area contributed by atoms with Crippen LogP contribution in [0.4, 0.5) is 5.69 Å². The van der Waals surface area contributed by atoms with Crippen LogP contribution in [0.25, 0.3) is 11.4 Å². The zero-order valence-electron chi connectivity index (χ0n) is 15.6. The van der Waals surface area contributed by atoms with Gasteiger partial charge in [0.05, 0.1) is 11.4 Å². The van der Waals surface area contributed by atoms with Crippen molar-refractivity contribution in [3.8, 4) is 11.4 Å². The van der Waals surface area contributed by atoms with Gasteiger partial charge < -0.3 is 4.90 Å². The molecule has 1 amide bonds. The van der Waals surface area contributed by atoms with Crippen LogP contribution in [-0.2, 0) is 11.3 Å². The molecule has 5 nitrogen and oxygen atoms in total. The zero-order valence-corrected chi connectivity index (χ0v) is 18.8. The Morgan fingerprint density at radius 1 is 1.21 bits per heavy atom. The lowest BCUT2D eigenvalue weighted by Crippen LogP contribution is -2.36. The van der Waals surface area contributed by atoms with E-state index in [1.165, 1.54) is 11.8 Å². The molecule has 29 heavy (non-hydrogen) atoms. The van der Waals surface area contributed by atoms with Gasteiger partial charge in [0.25, 0.3) is 0 Å². The van der Waals surface area contributed by atoms with Gasteiger partial charge >= 0.3 is 0 Å². The van der Waals surface area contributed by atoms with E-state index < -0.39 is 0 Å². The Morgan fingerprint density at radius 2 is 2.00 bits per heavy atom. The lowest BCUT2D eigenvalue weighted by molar-refractivity contribution is -0.116. The second kappa shape index (κ2) is 9.19. The molecule has 0 saturated carbocycles. The number of benzene rings is 2. The molecule has 1 aromatic heterocycles. The number of thioether (sulfide) groups is 2. The Morgan fingerprint density at radius 3 is 2.79 bits per heavy atom. The summed E-state index contributed by atoms with van der Waals surface area (Å²) in [5.74, 6) is 2.08. The molecular weight excluding hydrogens is 468 g/mol. The largest absolute Gasteiger partial charge is 0.310 e. The van der Waals surface area contributed by atoms with Crippen molar-refractivity contribution >= 4 is 51.0 Å². The summed E-state index contributed by atoms with van der Waals surface area (Å²) in [6.45, 7) is 5.16. The van der Waals surface area contributed by atoms with E-state index in [-0.39, 0.29) is 5.91 Å². The smallest absolute Gasteiger partial charge is 0.237 e. The normalized spacial score (nSPS) is 13.2. The van der Waals surface area contributed by atoms with Crippen molar-refractivity contribution in [2.24, 2.45) is 0 Å². The van der Waals surface area contributed by atoms with Crippen molar-refractivity contribution in [3.63, 3.8) is 0 Å². The molecule has 0 fully saturated rings. The van der Waals surface area contributed by atoms with Gasteiger partial charge in [-0.15, -0.1) is 28.5 Å². The third-order valence-corrected chi connectivity index (χ3v) is 7.01. The van der Waals surface area contributed by atoms with E-state index in [1.54, 1.807) is 11.8 Å². The van der Waals surface area contributed by atoms with E-state index in [0.29, 0.717) is 12.3 Å². The number of aromatic nitrogens is 3. The van der Waals surface area contributed by atoms with E-state index in [1.807, 2.05) is 58.0 Å². The molecule has 0 radical (unpaired) electrons. The summed E-state index contributed by atoms with van der Waals surface area (Å²) in [6, 6.07) is 16.0. The predicted molar refractivity (Wildman–Crippen MR) is 124 cm³/mol. The van der Waals surface area contributed by atoms with Crippen LogP contribution in [0.15, 0.2) is 75.7 Å². The zero-order chi connectivity index (χ0) is 20.2. The van der Waals surface area contributed by atoms with Crippen LogP contribution in [0.3, 0.4) is 0 Å². The van der Waals surface area contributed by atoms with Crippen LogP contribution in [0.1, 0.15) is 0 Å². The van der Waals surface area contributed by atoms with Gasteiger partial charge in [-0.2, -0.15) is 0 Å². The lowest BCUT2D eigenvalue weighted by atomic mass is 10.2. The van der Waals surface area contributed by atoms with Crippen LogP contribution in [0, 0.1) is 0 Å². The lowest BCUT2D eigenvalue weighted by Gasteiger charge is -2.28. The molecule has 0 bridgehead atoms. The molecule has 8 heteroatoms. The minimum atomic E-state index is 0.0843. The van der Waals surface area contributed by atoms with Crippen molar-refractivity contribution in [2.45, 2.75) is 16.6 Å². The maximum absolute atomic E-state index is 12.9. The van der Waals surface area contributed by atoms with Gasteiger partial charge in [-0.05, 0) is 24.3 Å². The van der Waals surface area contributed by atoms with Crippen LogP contribution in [0.5, 0.6) is 0 Å². The number of hydrogen-bond donors (Lipinski definition) is 0. The van der Waals surface area contributed by atoms with Gasteiger partial charge in [0, 0.05) is 33.8 Å². The molecule has 4 rings (SSSR count). The van der Waals surface area contributed by atoms with Crippen LogP contribution < -0.4 is 4.90 Å². The monoisotopic (exact) mass is 486 g/mol. The highest BCUT2D eigenvalue weighted by Gasteiger charge is 2.23. The molecule has 0 unspecified atom stereocenters. The molecule has 0 spiro atoms. The first-order valence-corrected chi connectivity index (χ1v) is 11.9. The molecule has 1 aliphatic heterocycles. The second-order valence-corrected chi connectivity index (χ2v) is 9.36. The van der Waals surface area contributed by atoms with Crippen LogP contribution >= 0.6 is 39.5 Å². The first-order chi connectivity index (χ1) is 14.2. The molecule has 0 N–H and O–H groups in total. The van der Waals surface area contributed by atoms with E-state index in [9.17, 15) is 4.79 Å². The van der Waals surface area contributed by atoms with Crippen molar-refractivity contribution in [1.29, 1.82) is 0 Å². The first kappa shape index (κ1) is 20.3. The number of carbonyl (C=O) groups is 1. The first-order valence-electron chi connectivity index (χ1n) is 9.12. The number of hydrogen-bond acceptors (Lipinski definition) is 5. The summed E-state index contributed by atoms with van der Waals surface area (Å²) in [6.07, 6.45) is 1.82. The molecule has 0 atom stereocenters. The summed E-state index contributed by atoms with van der Waals surface area (Å²) in [7, 11) is 0. The van der Waals surface area contributed by atoms with Crippen LogP contribution in [-0.4, -0.2) is 38.7 Å². The van der Waals surface area contributed by atoms with Crippen molar-refractivity contribution in [3.05, 3.63) is 65.7 Å². The van der Waals surface area contributed by atoms with E-state index in [4.69, 9.17) is 0 Å². The average molecular weight is 487 g/mol. The van der Waals surface area contributed by atoms with Crippen LogP contribution in [0.2, 0.25) is 0 Å². The fourth-order valence-corrected chi connectivity index (χ4v) is 5.22. The average Bonchev–Trinajstić information content (AvgIpc) is 3.15. The van der Waals surface area contributed by atoms with Crippen molar-refractivity contribution < 1.29 is 4.79 Å². The van der Waals surface area contributed by atoms with Gasteiger partial charge in [0.2, 0.25) is 5.91 Å². The fraction of sp³-hybridized carbons (Fsp3) is 0.190. The number of nitrogens with zero attached hydrogens (tertiary/aromatic N) is 4. The third kappa shape index (κ3) is 4.44. The minimum Gasteiger partial charge on any atom is -0.310 e. The highest BCUT2D eigenvalue weighted by atomic mass is 79.9. The molecule has 2 heterocycles. The molecular formula is C21H19BrN4OS2. The number of para-hydroxylation sites is 1. The summed E-state index contributed by atoms with van der Waals surface area (Å²) in [4.78, 5) is 16.0. The second-order valence-electron chi connectivity index (χ2n) is 6.36. The SMILES string of the molecule is C=CCn1c(SCC(=O)N2CCSc3ccccc32)nnc1-c1ccc(Br)cc1. The maximum atomic E-state index is 12.9. The number of allylic oxidation sites excluding steroid dienone is 1. The number of anilines is 1. The Balaban J connectivity index is 1.52. The van der Waals surface area contributed by atoms with Gasteiger partial charge in [0.1, 0.15) is 0 Å². The van der Waals surface area contributed by atoms with Gasteiger partial charge in [0.15, 0.2) is 11.0 Å². The third-order valence-electron chi connectivity index (χ3n) is 4.49. The number of carbonyl (C=O) groups excluding carboxylic acids is 1. The summed E-state index contributed by atoms with van der Waals surface area (Å²) in [5, 5.41) is 9.42. The molecule has 148 valence electrons. The molecule has 2 aromatic carbocycles. The van der Waals surface area contributed by atoms with E-state index in [0.717, 1.165) is 43.9 Å². The number of fused-ring (bicyclic) bond motifs is 1. The fourth-order valence-electron chi connectivity index (χ4n) is 3.13. The van der Waals surface area contributed by atoms with Gasteiger partial charge in [-0.1, -0.05) is 58.0 Å². The molecule has 1 aliphatic rings. The highest BCUT2D eigenvalue weighted by molar-refractivity contribution is 9.10. The Labute approximate surface area is 186 Å². The highest BCUT2D eigenvalue weighted by Crippen LogP contribution is 2.35. The Kier molecular flexibility index (Phi) is 6.42. The Bertz CT molecular complexity index is 1040. The quantitative estimate of drug-likeness (QED) is 0.357. The standard InChI is InChI=1S/C21H19BrN4OS2/c1-2-11-26-20(15-7-9-16(22)10-8-15)23-24-21(26)29-14-19(27)25-12-13-28-18-6-4-3-5-17(18)25/h2-10H,1,11-14H2. The number of amides is 1. The summed E-state index contributed by atoms with van der Waals surface area (Å²) in [5.41, 5.74) is 1.97. The van der Waals surface area contributed by atoms with Crippen molar-refractivity contribution in [1.82, 2.24) is 14.8 Å². The minimum absolute atomic E-state index is 0.0843.